The number of ether oxygens (including phenoxy) is 1. The average Bonchev–Trinajstić information content (AvgIpc) is 2.75. The predicted molar refractivity (Wildman–Crippen MR) is 59.0 cm³/mol. The fourth-order valence-electron chi connectivity index (χ4n) is 1.38. The highest BCUT2D eigenvalue weighted by atomic mass is 16.5. The number of hydrogen-bond donors (Lipinski definition) is 2. The first kappa shape index (κ1) is 10.4. The van der Waals surface area contributed by atoms with E-state index < -0.39 is 0 Å². The van der Waals surface area contributed by atoms with Gasteiger partial charge in [0.1, 0.15) is 24.3 Å². The van der Waals surface area contributed by atoms with Crippen molar-refractivity contribution in [1.29, 1.82) is 0 Å². The summed E-state index contributed by atoms with van der Waals surface area (Å²) < 4.78 is 4.80. The van der Waals surface area contributed by atoms with Crippen molar-refractivity contribution >= 4 is 22.8 Å². The second-order valence-corrected chi connectivity index (χ2v) is 3.12. The number of aromatic nitrogens is 3. The van der Waals surface area contributed by atoms with Gasteiger partial charge in [0.25, 0.3) is 0 Å². The van der Waals surface area contributed by atoms with Crippen LogP contribution in [0.3, 0.4) is 0 Å². The maximum absolute atomic E-state index is 11.2. The van der Waals surface area contributed by atoms with Crippen LogP contribution in [0.4, 0.5) is 5.82 Å². The third kappa shape index (κ3) is 2.10. The largest absolute Gasteiger partial charge is 0.465 e. The van der Waals surface area contributed by atoms with E-state index in [2.05, 4.69) is 20.3 Å². The molecular formula is C10H12N4O2. The Morgan fingerprint density at radius 1 is 1.56 bits per heavy atom. The van der Waals surface area contributed by atoms with Crippen LogP contribution in [0, 0.1) is 0 Å². The van der Waals surface area contributed by atoms with Crippen LogP contribution in [0.25, 0.3) is 11.0 Å². The molecule has 0 aromatic carbocycles. The normalized spacial score (nSPS) is 10.3. The second-order valence-electron chi connectivity index (χ2n) is 3.12. The lowest BCUT2D eigenvalue weighted by atomic mass is 10.4. The zero-order chi connectivity index (χ0) is 11.4. The fourth-order valence-corrected chi connectivity index (χ4v) is 1.38. The molecule has 0 bridgehead atoms. The molecule has 6 nitrogen and oxygen atoms in total. The van der Waals surface area contributed by atoms with Crippen LogP contribution >= 0.6 is 0 Å². The maximum Gasteiger partial charge on any atom is 0.325 e. The van der Waals surface area contributed by atoms with Crippen LogP contribution in [-0.2, 0) is 9.53 Å². The van der Waals surface area contributed by atoms with E-state index >= 15 is 0 Å². The van der Waals surface area contributed by atoms with E-state index in [0.29, 0.717) is 12.4 Å². The number of hydrogen-bond acceptors (Lipinski definition) is 5. The zero-order valence-electron chi connectivity index (χ0n) is 8.86. The van der Waals surface area contributed by atoms with Crippen LogP contribution in [0.5, 0.6) is 0 Å². The number of nitrogens with zero attached hydrogens (tertiary/aromatic N) is 2. The third-order valence-electron chi connectivity index (χ3n) is 2.06. The molecule has 2 aromatic heterocycles. The molecule has 0 spiro atoms. The van der Waals surface area contributed by atoms with Gasteiger partial charge in [-0.05, 0) is 13.0 Å². The quantitative estimate of drug-likeness (QED) is 0.749. The van der Waals surface area contributed by atoms with Gasteiger partial charge in [0.05, 0.1) is 12.0 Å². The van der Waals surface area contributed by atoms with Gasteiger partial charge in [-0.3, -0.25) is 4.79 Å². The SMILES string of the molecule is CCOC(=O)CNc1ncnc2[nH]ccc12. The second kappa shape index (κ2) is 4.61. The van der Waals surface area contributed by atoms with E-state index in [-0.39, 0.29) is 12.5 Å². The molecule has 0 fully saturated rings. The molecule has 84 valence electrons. The molecule has 0 saturated heterocycles. The maximum atomic E-state index is 11.2. The van der Waals surface area contributed by atoms with Crippen molar-refractivity contribution in [3.05, 3.63) is 18.6 Å². The Morgan fingerprint density at radius 2 is 2.44 bits per heavy atom. The average molecular weight is 220 g/mol. The Kier molecular flexibility index (Phi) is 3.00. The van der Waals surface area contributed by atoms with E-state index in [0.717, 1.165) is 11.0 Å². The van der Waals surface area contributed by atoms with Crippen LogP contribution in [0.1, 0.15) is 6.92 Å². The summed E-state index contributed by atoms with van der Waals surface area (Å²) in [7, 11) is 0. The molecule has 2 rings (SSSR count). The van der Waals surface area contributed by atoms with Crippen LogP contribution in [-0.4, -0.2) is 34.1 Å². The van der Waals surface area contributed by atoms with Crippen LogP contribution < -0.4 is 5.32 Å². The summed E-state index contributed by atoms with van der Waals surface area (Å²) in [6.07, 6.45) is 3.21. The summed E-state index contributed by atoms with van der Waals surface area (Å²) >= 11 is 0. The Hall–Kier alpha value is -2.11. The van der Waals surface area contributed by atoms with Gasteiger partial charge in [-0.15, -0.1) is 0 Å². The summed E-state index contributed by atoms with van der Waals surface area (Å²) in [6.45, 7) is 2.25. The molecule has 0 radical (unpaired) electrons. The number of esters is 1. The Bertz CT molecular complexity index is 494. The molecule has 2 heterocycles. The number of carbonyl (C=O) groups excluding carboxylic acids is 1. The molecule has 2 N–H and O–H groups in total. The third-order valence-corrected chi connectivity index (χ3v) is 2.06. The van der Waals surface area contributed by atoms with Crippen LogP contribution in [0.15, 0.2) is 18.6 Å². The van der Waals surface area contributed by atoms with Gasteiger partial charge in [-0.25, -0.2) is 9.97 Å². The van der Waals surface area contributed by atoms with E-state index in [4.69, 9.17) is 4.74 Å². The van der Waals surface area contributed by atoms with Crippen molar-refractivity contribution in [2.45, 2.75) is 6.92 Å². The first-order chi connectivity index (χ1) is 7.81. The highest BCUT2D eigenvalue weighted by molar-refractivity contribution is 5.88. The molecule has 0 atom stereocenters. The predicted octanol–water partition coefficient (Wildman–Crippen LogP) is 0.933. The summed E-state index contributed by atoms with van der Waals surface area (Å²) in [5, 5.41) is 3.77. The molecule has 0 amide bonds. The lowest BCUT2D eigenvalue weighted by Crippen LogP contribution is -2.17. The highest BCUT2D eigenvalue weighted by Crippen LogP contribution is 2.16. The Morgan fingerprint density at radius 3 is 3.25 bits per heavy atom. The molecule has 0 unspecified atom stereocenters. The van der Waals surface area contributed by atoms with Gasteiger partial charge in [0, 0.05) is 6.20 Å². The minimum absolute atomic E-state index is 0.102. The van der Waals surface area contributed by atoms with Gasteiger partial charge >= 0.3 is 5.97 Å². The Labute approximate surface area is 92.0 Å². The molecule has 0 aliphatic carbocycles. The molecule has 0 aliphatic heterocycles. The minimum Gasteiger partial charge on any atom is -0.465 e. The highest BCUT2D eigenvalue weighted by Gasteiger charge is 2.06. The van der Waals surface area contributed by atoms with Gasteiger partial charge in [0.2, 0.25) is 0 Å². The van der Waals surface area contributed by atoms with E-state index in [1.807, 2.05) is 6.07 Å². The number of rotatable bonds is 4. The topological polar surface area (TPSA) is 79.9 Å². The molecule has 16 heavy (non-hydrogen) atoms. The van der Waals surface area contributed by atoms with Gasteiger partial charge in [0.15, 0.2) is 0 Å². The van der Waals surface area contributed by atoms with Gasteiger partial charge < -0.3 is 15.0 Å². The van der Waals surface area contributed by atoms with Crippen molar-refractivity contribution in [1.82, 2.24) is 15.0 Å². The molecule has 6 heteroatoms. The van der Waals surface area contributed by atoms with Crippen molar-refractivity contribution in [3.63, 3.8) is 0 Å². The van der Waals surface area contributed by atoms with Crippen LogP contribution in [0.2, 0.25) is 0 Å². The number of aromatic amines is 1. The number of H-pyrrole nitrogens is 1. The number of carbonyl (C=O) groups is 1. The number of anilines is 1. The lowest BCUT2D eigenvalue weighted by molar-refractivity contribution is -0.140. The first-order valence-electron chi connectivity index (χ1n) is 4.99. The summed E-state index contributed by atoms with van der Waals surface area (Å²) in [5.74, 6) is 0.323. The summed E-state index contributed by atoms with van der Waals surface area (Å²) in [4.78, 5) is 22.2. The van der Waals surface area contributed by atoms with Crippen molar-refractivity contribution in [2.24, 2.45) is 0 Å². The molecule has 0 saturated carbocycles. The number of fused-ring (bicyclic) bond motifs is 1. The summed E-state index contributed by atoms with van der Waals surface area (Å²) in [5.41, 5.74) is 0.737. The Balaban J connectivity index is 2.09. The molecule has 0 aliphatic rings. The summed E-state index contributed by atoms with van der Waals surface area (Å²) in [6, 6.07) is 1.85. The molecular weight excluding hydrogens is 208 g/mol. The van der Waals surface area contributed by atoms with Crippen molar-refractivity contribution in [2.75, 3.05) is 18.5 Å². The lowest BCUT2D eigenvalue weighted by Gasteiger charge is -2.05. The van der Waals surface area contributed by atoms with E-state index in [1.54, 1.807) is 13.1 Å². The van der Waals surface area contributed by atoms with Gasteiger partial charge in [-0.2, -0.15) is 0 Å². The standard InChI is InChI=1S/C10H12N4O2/c1-2-16-8(15)5-12-10-7-3-4-11-9(7)13-6-14-10/h3-4,6H,2,5H2,1H3,(H2,11,12,13,14). The fraction of sp³-hybridized carbons (Fsp3) is 0.300. The number of nitrogens with one attached hydrogen (secondary N) is 2. The molecule has 2 aromatic rings. The van der Waals surface area contributed by atoms with E-state index in [9.17, 15) is 4.79 Å². The zero-order valence-corrected chi connectivity index (χ0v) is 8.86. The first-order valence-corrected chi connectivity index (χ1v) is 4.99. The van der Waals surface area contributed by atoms with E-state index in [1.165, 1.54) is 6.33 Å². The van der Waals surface area contributed by atoms with Gasteiger partial charge in [-0.1, -0.05) is 0 Å². The minimum atomic E-state index is -0.301. The monoisotopic (exact) mass is 220 g/mol. The van der Waals surface area contributed by atoms with Crippen molar-refractivity contribution < 1.29 is 9.53 Å². The van der Waals surface area contributed by atoms with Crippen molar-refractivity contribution in [3.8, 4) is 0 Å². The smallest absolute Gasteiger partial charge is 0.325 e.